The van der Waals surface area contributed by atoms with Crippen molar-refractivity contribution in [2.45, 2.75) is 25.8 Å². The third-order valence-corrected chi connectivity index (χ3v) is 4.30. The molecule has 2 aromatic rings. The predicted molar refractivity (Wildman–Crippen MR) is 93.0 cm³/mol. The molecule has 1 aliphatic heterocycles. The first-order valence-corrected chi connectivity index (χ1v) is 7.87. The summed E-state index contributed by atoms with van der Waals surface area (Å²) < 4.78 is 5.58. The van der Waals surface area contributed by atoms with Crippen LogP contribution in [0.5, 0.6) is 0 Å². The van der Waals surface area contributed by atoms with Gasteiger partial charge in [-0.2, -0.15) is 0 Å². The summed E-state index contributed by atoms with van der Waals surface area (Å²) in [5.41, 5.74) is 1.73. The number of likely N-dealkylation sites (tertiary alicyclic amines) is 1. The number of hydrogen-bond acceptors (Lipinski definition) is 3. The fourth-order valence-corrected chi connectivity index (χ4v) is 3.06. The van der Waals surface area contributed by atoms with Crippen LogP contribution in [0.4, 0.5) is 0 Å². The molecule has 1 fully saturated rings. The van der Waals surface area contributed by atoms with E-state index in [9.17, 15) is 4.79 Å². The van der Waals surface area contributed by atoms with Crippen LogP contribution < -0.4 is 5.32 Å². The zero-order valence-electron chi connectivity index (χ0n) is 13.3. The fraction of sp³-hybridized carbons (Fsp3) is 0.389. The lowest BCUT2D eigenvalue weighted by molar-refractivity contribution is 0.0933. The summed E-state index contributed by atoms with van der Waals surface area (Å²) in [6.45, 7) is 4.65. The first kappa shape index (κ1) is 17.6. The Hall–Kier alpha value is -1.78. The lowest BCUT2D eigenvalue weighted by atomic mass is 10.1. The number of furan rings is 1. The normalized spacial score (nSPS) is 15.9. The second-order valence-electron chi connectivity index (χ2n) is 5.80. The van der Waals surface area contributed by atoms with E-state index in [1.54, 1.807) is 6.26 Å². The van der Waals surface area contributed by atoms with Gasteiger partial charge in [-0.15, -0.1) is 12.4 Å². The SMILES string of the molecule is Cc1ccccc1C(=O)NCC(c1ccco1)N1CCCC1.Cl. The van der Waals surface area contributed by atoms with Gasteiger partial charge in [0.15, 0.2) is 0 Å². The molecule has 1 N–H and O–H groups in total. The Morgan fingerprint density at radius 1 is 1.22 bits per heavy atom. The maximum Gasteiger partial charge on any atom is 0.251 e. The molecule has 124 valence electrons. The van der Waals surface area contributed by atoms with Crippen LogP contribution in [0.25, 0.3) is 0 Å². The number of nitrogens with one attached hydrogen (secondary N) is 1. The summed E-state index contributed by atoms with van der Waals surface area (Å²) in [7, 11) is 0. The van der Waals surface area contributed by atoms with E-state index < -0.39 is 0 Å². The zero-order valence-corrected chi connectivity index (χ0v) is 14.1. The molecule has 3 rings (SSSR count). The molecule has 0 bridgehead atoms. The van der Waals surface area contributed by atoms with Crippen LogP contribution in [-0.2, 0) is 0 Å². The van der Waals surface area contributed by atoms with Gasteiger partial charge in [0.1, 0.15) is 5.76 Å². The van der Waals surface area contributed by atoms with Crippen molar-refractivity contribution in [2.75, 3.05) is 19.6 Å². The fourth-order valence-electron chi connectivity index (χ4n) is 3.06. The molecule has 1 atom stereocenters. The number of benzene rings is 1. The Bertz CT molecular complexity index is 622. The zero-order chi connectivity index (χ0) is 15.4. The van der Waals surface area contributed by atoms with Gasteiger partial charge in [-0.25, -0.2) is 0 Å². The minimum atomic E-state index is -0.0196. The number of aryl methyl sites for hydroxylation is 1. The van der Waals surface area contributed by atoms with Crippen molar-refractivity contribution >= 4 is 18.3 Å². The molecule has 0 radical (unpaired) electrons. The van der Waals surface area contributed by atoms with E-state index in [4.69, 9.17) is 4.42 Å². The average Bonchev–Trinajstić information content (AvgIpc) is 3.21. The number of carbonyl (C=O) groups is 1. The highest BCUT2D eigenvalue weighted by Gasteiger charge is 2.26. The highest BCUT2D eigenvalue weighted by molar-refractivity contribution is 5.95. The smallest absolute Gasteiger partial charge is 0.251 e. The summed E-state index contributed by atoms with van der Waals surface area (Å²) in [5.74, 6) is 0.904. The Kier molecular flexibility index (Phi) is 6.25. The van der Waals surface area contributed by atoms with E-state index in [-0.39, 0.29) is 24.4 Å². The van der Waals surface area contributed by atoms with Gasteiger partial charge in [0.2, 0.25) is 0 Å². The molecule has 0 spiro atoms. The van der Waals surface area contributed by atoms with Crippen LogP contribution in [0.3, 0.4) is 0 Å². The lowest BCUT2D eigenvalue weighted by Gasteiger charge is -2.26. The molecule has 23 heavy (non-hydrogen) atoms. The number of halogens is 1. The third-order valence-electron chi connectivity index (χ3n) is 4.30. The van der Waals surface area contributed by atoms with E-state index in [0.29, 0.717) is 6.54 Å². The molecule has 1 amide bonds. The van der Waals surface area contributed by atoms with Crippen LogP contribution in [0.2, 0.25) is 0 Å². The van der Waals surface area contributed by atoms with Crippen molar-refractivity contribution in [2.24, 2.45) is 0 Å². The largest absolute Gasteiger partial charge is 0.468 e. The number of nitrogens with zero attached hydrogens (tertiary/aromatic N) is 1. The summed E-state index contributed by atoms with van der Waals surface area (Å²) in [4.78, 5) is 14.8. The van der Waals surface area contributed by atoms with E-state index in [0.717, 1.165) is 30.0 Å². The molecule has 1 saturated heterocycles. The molecule has 0 aliphatic carbocycles. The van der Waals surface area contributed by atoms with Crippen LogP contribution >= 0.6 is 12.4 Å². The highest BCUT2D eigenvalue weighted by atomic mass is 35.5. The van der Waals surface area contributed by atoms with Crippen molar-refractivity contribution < 1.29 is 9.21 Å². The maximum absolute atomic E-state index is 12.4. The summed E-state index contributed by atoms with van der Waals surface area (Å²) in [6, 6.07) is 11.7. The number of amides is 1. The molecular formula is C18H23ClN2O2. The minimum Gasteiger partial charge on any atom is -0.468 e. The average molecular weight is 335 g/mol. The lowest BCUT2D eigenvalue weighted by Crippen LogP contribution is -2.36. The standard InChI is InChI=1S/C18H22N2O2.ClH/c1-14-7-2-3-8-15(14)18(21)19-13-16(17-9-6-12-22-17)20-10-4-5-11-20;/h2-3,6-9,12,16H,4-5,10-11,13H2,1H3,(H,19,21);1H. The van der Waals surface area contributed by atoms with Crippen LogP contribution in [0.1, 0.15) is 40.6 Å². The van der Waals surface area contributed by atoms with E-state index in [1.165, 1.54) is 12.8 Å². The predicted octanol–water partition coefficient (Wildman–Crippen LogP) is 3.58. The first-order valence-electron chi connectivity index (χ1n) is 7.87. The van der Waals surface area contributed by atoms with Gasteiger partial charge in [-0.1, -0.05) is 18.2 Å². The molecule has 4 nitrogen and oxygen atoms in total. The highest BCUT2D eigenvalue weighted by Crippen LogP contribution is 2.25. The molecule has 2 heterocycles. The van der Waals surface area contributed by atoms with Gasteiger partial charge in [0.05, 0.1) is 12.3 Å². The third kappa shape index (κ3) is 4.15. The van der Waals surface area contributed by atoms with Crippen molar-refractivity contribution in [3.63, 3.8) is 0 Å². The number of rotatable bonds is 5. The second kappa shape index (κ2) is 8.18. The van der Waals surface area contributed by atoms with Gasteiger partial charge in [0, 0.05) is 12.1 Å². The second-order valence-corrected chi connectivity index (χ2v) is 5.80. The van der Waals surface area contributed by atoms with Crippen LogP contribution in [-0.4, -0.2) is 30.4 Å². The topological polar surface area (TPSA) is 45.5 Å². The quantitative estimate of drug-likeness (QED) is 0.909. The van der Waals surface area contributed by atoms with Crippen molar-refractivity contribution in [3.8, 4) is 0 Å². The Morgan fingerprint density at radius 3 is 2.61 bits per heavy atom. The minimum absolute atomic E-state index is 0. The first-order chi connectivity index (χ1) is 10.8. The van der Waals surface area contributed by atoms with Gasteiger partial charge in [-0.05, 0) is 56.6 Å². The monoisotopic (exact) mass is 334 g/mol. The molecule has 1 unspecified atom stereocenters. The van der Waals surface area contributed by atoms with Gasteiger partial charge in [-0.3, -0.25) is 9.69 Å². The van der Waals surface area contributed by atoms with E-state index >= 15 is 0 Å². The Labute approximate surface area is 143 Å². The van der Waals surface area contributed by atoms with Crippen molar-refractivity contribution in [3.05, 3.63) is 59.5 Å². The summed E-state index contributed by atoms with van der Waals surface area (Å²) >= 11 is 0. The van der Waals surface area contributed by atoms with Crippen molar-refractivity contribution in [1.29, 1.82) is 0 Å². The van der Waals surface area contributed by atoms with Crippen LogP contribution in [0.15, 0.2) is 47.1 Å². The van der Waals surface area contributed by atoms with Crippen LogP contribution in [0, 0.1) is 6.92 Å². The van der Waals surface area contributed by atoms with Gasteiger partial charge < -0.3 is 9.73 Å². The Morgan fingerprint density at radius 2 is 1.96 bits per heavy atom. The number of hydrogen-bond donors (Lipinski definition) is 1. The van der Waals surface area contributed by atoms with Crippen molar-refractivity contribution in [1.82, 2.24) is 10.2 Å². The molecule has 1 aromatic heterocycles. The maximum atomic E-state index is 12.4. The molecular weight excluding hydrogens is 312 g/mol. The number of carbonyl (C=O) groups excluding carboxylic acids is 1. The molecule has 5 heteroatoms. The van der Waals surface area contributed by atoms with Gasteiger partial charge in [0.25, 0.3) is 5.91 Å². The molecule has 1 aliphatic rings. The van der Waals surface area contributed by atoms with E-state index in [2.05, 4.69) is 10.2 Å². The summed E-state index contributed by atoms with van der Waals surface area (Å²) in [6.07, 6.45) is 4.12. The molecule has 0 saturated carbocycles. The summed E-state index contributed by atoms with van der Waals surface area (Å²) in [5, 5.41) is 3.06. The molecule has 1 aromatic carbocycles. The van der Waals surface area contributed by atoms with E-state index in [1.807, 2.05) is 43.3 Å². The van der Waals surface area contributed by atoms with Gasteiger partial charge >= 0.3 is 0 Å². The Balaban J connectivity index is 0.00000192.